The zero-order valence-electron chi connectivity index (χ0n) is 11.9. The molecule has 1 aromatic carbocycles. The Kier molecular flexibility index (Phi) is 6.18. The highest BCUT2D eigenvalue weighted by Crippen LogP contribution is 2.35. The molecule has 2 atom stereocenters. The Morgan fingerprint density at radius 2 is 2.10 bits per heavy atom. The van der Waals surface area contributed by atoms with Crippen molar-refractivity contribution in [3.63, 3.8) is 0 Å². The molecule has 1 aliphatic rings. The van der Waals surface area contributed by atoms with Gasteiger partial charge in [-0.15, -0.1) is 0 Å². The molecule has 20 heavy (non-hydrogen) atoms. The molecule has 1 heterocycles. The van der Waals surface area contributed by atoms with E-state index in [1.165, 1.54) is 0 Å². The quantitative estimate of drug-likeness (QED) is 0.875. The fourth-order valence-corrected chi connectivity index (χ4v) is 5.20. The summed E-state index contributed by atoms with van der Waals surface area (Å²) in [7, 11) is 0. The zero-order valence-corrected chi connectivity index (χ0v) is 13.6. The molecule has 1 N–H and O–H groups in total. The van der Waals surface area contributed by atoms with Gasteiger partial charge in [0.15, 0.2) is 11.6 Å². The maximum Gasteiger partial charge on any atom is 0.163 e. The minimum absolute atomic E-state index is 0.108. The van der Waals surface area contributed by atoms with E-state index in [9.17, 15) is 8.78 Å². The van der Waals surface area contributed by atoms with E-state index < -0.39 is 11.6 Å². The number of hydrogen-bond acceptors (Lipinski definition) is 3. The van der Waals surface area contributed by atoms with Crippen molar-refractivity contribution >= 4 is 23.5 Å². The first kappa shape index (κ1) is 16.1. The van der Waals surface area contributed by atoms with Gasteiger partial charge in [-0.3, -0.25) is 0 Å². The third-order valence-electron chi connectivity index (χ3n) is 3.47. The molecule has 5 heteroatoms. The summed E-state index contributed by atoms with van der Waals surface area (Å²) in [5.41, 5.74) is 0.840. The normalized spacial score (nSPS) is 20.9. The molecule has 0 amide bonds. The minimum Gasteiger partial charge on any atom is -0.309 e. The predicted octanol–water partition coefficient (Wildman–Crippen LogP) is 4.16. The van der Waals surface area contributed by atoms with Gasteiger partial charge in [-0.05, 0) is 25.5 Å². The summed E-state index contributed by atoms with van der Waals surface area (Å²) in [4.78, 5) is 0. The van der Waals surface area contributed by atoms with Crippen LogP contribution in [0.2, 0.25) is 0 Å². The second-order valence-electron chi connectivity index (χ2n) is 5.02. The molecule has 1 aliphatic heterocycles. The summed E-state index contributed by atoms with van der Waals surface area (Å²) in [6.45, 7) is 4.50. The predicted molar refractivity (Wildman–Crippen MR) is 85.7 cm³/mol. The van der Waals surface area contributed by atoms with E-state index in [1.807, 2.05) is 23.5 Å². The van der Waals surface area contributed by atoms with Crippen molar-refractivity contribution in [2.24, 2.45) is 0 Å². The molecular weight excluding hydrogens is 296 g/mol. The molecule has 1 aromatic rings. The van der Waals surface area contributed by atoms with Crippen LogP contribution in [0.3, 0.4) is 0 Å². The van der Waals surface area contributed by atoms with Crippen LogP contribution in [0.15, 0.2) is 12.1 Å². The Bertz CT molecular complexity index is 448. The van der Waals surface area contributed by atoms with Crippen molar-refractivity contribution < 1.29 is 8.78 Å². The Morgan fingerprint density at radius 1 is 1.30 bits per heavy atom. The summed E-state index contributed by atoms with van der Waals surface area (Å²) >= 11 is 3.76. The summed E-state index contributed by atoms with van der Waals surface area (Å²) in [5, 5.41) is 3.70. The second-order valence-corrected chi connectivity index (χ2v) is 7.51. The molecule has 112 valence electrons. The summed E-state index contributed by atoms with van der Waals surface area (Å²) < 4.78 is 28.1. The number of rotatable bonds is 5. The molecule has 0 aliphatic carbocycles. The van der Waals surface area contributed by atoms with Crippen LogP contribution in [0, 0.1) is 18.6 Å². The highest BCUT2D eigenvalue weighted by Gasteiger charge is 2.28. The van der Waals surface area contributed by atoms with Gasteiger partial charge in [-0.2, -0.15) is 23.5 Å². The first-order valence-electron chi connectivity index (χ1n) is 7.02. The Morgan fingerprint density at radius 3 is 2.75 bits per heavy atom. The van der Waals surface area contributed by atoms with Gasteiger partial charge < -0.3 is 5.32 Å². The lowest BCUT2D eigenvalue weighted by molar-refractivity contribution is 0.457. The summed E-state index contributed by atoms with van der Waals surface area (Å²) in [6.07, 6.45) is 0.983. The van der Waals surface area contributed by atoms with Gasteiger partial charge >= 0.3 is 0 Å². The van der Waals surface area contributed by atoms with E-state index in [2.05, 4.69) is 12.2 Å². The molecule has 0 radical (unpaired) electrons. The first-order valence-corrected chi connectivity index (χ1v) is 9.22. The van der Waals surface area contributed by atoms with Crippen molar-refractivity contribution in [2.45, 2.75) is 31.6 Å². The zero-order chi connectivity index (χ0) is 14.5. The summed E-state index contributed by atoms with van der Waals surface area (Å²) in [6, 6.07) is 3.30. The van der Waals surface area contributed by atoms with Crippen LogP contribution in [0.5, 0.6) is 0 Å². The van der Waals surface area contributed by atoms with Crippen molar-refractivity contribution in [1.82, 2.24) is 5.32 Å². The van der Waals surface area contributed by atoms with Crippen LogP contribution in [-0.2, 0) is 0 Å². The van der Waals surface area contributed by atoms with E-state index >= 15 is 0 Å². The van der Waals surface area contributed by atoms with Crippen LogP contribution in [0.25, 0.3) is 0 Å². The monoisotopic (exact) mass is 317 g/mol. The number of benzene rings is 1. The Labute approximate surface area is 128 Å². The molecule has 2 rings (SSSR count). The highest BCUT2D eigenvalue weighted by molar-refractivity contribution is 8.06. The van der Waals surface area contributed by atoms with Gasteiger partial charge in [0, 0.05) is 34.1 Å². The van der Waals surface area contributed by atoms with E-state index in [-0.39, 0.29) is 6.04 Å². The van der Waals surface area contributed by atoms with Gasteiger partial charge in [0.2, 0.25) is 0 Å². The minimum atomic E-state index is -0.709. The maximum atomic E-state index is 14.3. The van der Waals surface area contributed by atoms with Gasteiger partial charge in [-0.1, -0.05) is 19.1 Å². The van der Waals surface area contributed by atoms with Crippen molar-refractivity contribution in [1.29, 1.82) is 0 Å². The van der Waals surface area contributed by atoms with Crippen LogP contribution >= 0.6 is 23.5 Å². The van der Waals surface area contributed by atoms with Gasteiger partial charge in [0.1, 0.15) is 0 Å². The number of halogens is 2. The molecule has 2 unspecified atom stereocenters. The fourth-order valence-electron chi connectivity index (χ4n) is 2.34. The van der Waals surface area contributed by atoms with E-state index in [0.717, 1.165) is 30.2 Å². The largest absolute Gasteiger partial charge is 0.309 e. The Balaban J connectivity index is 2.27. The second kappa shape index (κ2) is 7.66. The number of thioether (sulfide) groups is 2. The number of nitrogens with one attached hydrogen (secondary N) is 1. The third-order valence-corrected chi connectivity index (χ3v) is 6.33. The van der Waals surface area contributed by atoms with Crippen molar-refractivity contribution in [2.75, 3.05) is 23.8 Å². The SMILES string of the molecule is CCCNC(c1ccc(C)c(F)c1F)C1CSCCS1. The van der Waals surface area contributed by atoms with Crippen LogP contribution < -0.4 is 5.32 Å². The van der Waals surface area contributed by atoms with Crippen LogP contribution in [0.4, 0.5) is 8.78 Å². The smallest absolute Gasteiger partial charge is 0.163 e. The molecular formula is C15H21F2NS2. The van der Waals surface area contributed by atoms with Crippen molar-refractivity contribution in [3.05, 3.63) is 34.9 Å². The molecule has 0 saturated carbocycles. The lowest BCUT2D eigenvalue weighted by Gasteiger charge is -2.31. The number of hydrogen-bond donors (Lipinski definition) is 1. The van der Waals surface area contributed by atoms with E-state index in [1.54, 1.807) is 19.1 Å². The fraction of sp³-hybridized carbons (Fsp3) is 0.600. The van der Waals surface area contributed by atoms with Crippen LogP contribution in [0.1, 0.15) is 30.5 Å². The van der Waals surface area contributed by atoms with Crippen LogP contribution in [-0.4, -0.2) is 29.1 Å². The molecule has 0 spiro atoms. The Hall–Kier alpha value is -0.260. The average Bonchev–Trinajstić information content (AvgIpc) is 2.48. The van der Waals surface area contributed by atoms with Gasteiger partial charge in [0.05, 0.1) is 0 Å². The lowest BCUT2D eigenvalue weighted by Crippen LogP contribution is -2.35. The van der Waals surface area contributed by atoms with E-state index in [4.69, 9.17) is 0 Å². The van der Waals surface area contributed by atoms with Crippen molar-refractivity contribution in [3.8, 4) is 0 Å². The van der Waals surface area contributed by atoms with Gasteiger partial charge in [-0.25, -0.2) is 8.78 Å². The maximum absolute atomic E-state index is 14.3. The standard InChI is InChI=1S/C15H21F2NS2/c1-3-6-18-15(12-9-19-7-8-20-12)11-5-4-10(2)13(16)14(11)17/h4-5,12,15,18H,3,6-9H2,1-2H3. The molecule has 0 bridgehead atoms. The molecule has 1 fully saturated rings. The van der Waals surface area contributed by atoms with Gasteiger partial charge in [0.25, 0.3) is 0 Å². The number of aryl methyl sites for hydroxylation is 1. The molecule has 0 aromatic heterocycles. The van der Waals surface area contributed by atoms with E-state index in [0.29, 0.717) is 16.4 Å². The third kappa shape index (κ3) is 3.68. The lowest BCUT2D eigenvalue weighted by atomic mass is 10.0. The topological polar surface area (TPSA) is 12.0 Å². The first-order chi connectivity index (χ1) is 9.65. The average molecular weight is 317 g/mol. The summed E-state index contributed by atoms with van der Waals surface area (Å²) in [5.74, 6) is 1.82. The highest BCUT2D eigenvalue weighted by atomic mass is 32.2. The molecule has 1 nitrogen and oxygen atoms in total. The molecule has 1 saturated heterocycles.